The van der Waals surface area contributed by atoms with Crippen LogP contribution in [0.15, 0.2) is 29.4 Å². The largest absolute Gasteiger partial charge is 0.492 e. The van der Waals surface area contributed by atoms with E-state index in [1.54, 1.807) is 7.11 Å². The molecule has 0 aliphatic heterocycles. The molecule has 0 saturated heterocycles. The second kappa shape index (κ2) is 5.85. The Morgan fingerprint density at radius 3 is 2.30 bits per heavy atom. The molecule has 3 nitrogen and oxygen atoms in total. The first-order chi connectivity index (χ1) is 11.2. The van der Waals surface area contributed by atoms with Gasteiger partial charge in [-0.2, -0.15) is 0 Å². The summed E-state index contributed by atoms with van der Waals surface area (Å²) in [6.07, 6.45) is 8.59. The van der Waals surface area contributed by atoms with Crippen molar-refractivity contribution >= 4 is 5.71 Å². The number of hydrogen-bond donors (Lipinski definition) is 0. The highest BCUT2D eigenvalue weighted by atomic mass is 16.6. The molecule has 4 fully saturated rings. The SMILES string of the molecule is CO/N=C(\C)c1ccccc1OCC12CC3CC(CC(C3)C1)C2. The Kier molecular flexibility index (Phi) is 3.82. The Labute approximate surface area is 139 Å². The Balaban J connectivity index is 1.51. The highest BCUT2D eigenvalue weighted by molar-refractivity contribution is 6.00. The monoisotopic (exact) mass is 313 g/mol. The number of nitrogens with zero attached hydrogens (tertiary/aromatic N) is 1. The normalized spacial score (nSPS) is 35.4. The number of hydrogen-bond acceptors (Lipinski definition) is 3. The van der Waals surface area contributed by atoms with E-state index in [9.17, 15) is 0 Å². The van der Waals surface area contributed by atoms with Gasteiger partial charge in [0.25, 0.3) is 0 Å². The van der Waals surface area contributed by atoms with Gasteiger partial charge in [-0.1, -0.05) is 17.3 Å². The maximum Gasteiger partial charge on any atom is 0.128 e. The smallest absolute Gasteiger partial charge is 0.128 e. The van der Waals surface area contributed by atoms with Gasteiger partial charge in [0, 0.05) is 11.0 Å². The van der Waals surface area contributed by atoms with E-state index in [0.717, 1.165) is 41.4 Å². The summed E-state index contributed by atoms with van der Waals surface area (Å²) >= 11 is 0. The van der Waals surface area contributed by atoms with Crippen molar-refractivity contribution in [2.75, 3.05) is 13.7 Å². The van der Waals surface area contributed by atoms with E-state index >= 15 is 0 Å². The molecule has 4 aliphatic carbocycles. The maximum absolute atomic E-state index is 6.35. The summed E-state index contributed by atoms with van der Waals surface area (Å²) in [5, 5.41) is 4.07. The molecule has 0 N–H and O–H groups in total. The predicted molar refractivity (Wildman–Crippen MR) is 91.8 cm³/mol. The van der Waals surface area contributed by atoms with Gasteiger partial charge in [-0.25, -0.2) is 0 Å². The molecule has 0 aromatic heterocycles. The van der Waals surface area contributed by atoms with Gasteiger partial charge in [0.15, 0.2) is 0 Å². The van der Waals surface area contributed by atoms with Crippen LogP contribution in [0.3, 0.4) is 0 Å². The van der Waals surface area contributed by atoms with E-state index in [1.165, 1.54) is 38.5 Å². The Morgan fingerprint density at radius 1 is 1.09 bits per heavy atom. The van der Waals surface area contributed by atoms with Crippen LogP contribution in [0, 0.1) is 23.2 Å². The fourth-order valence-electron chi connectivity index (χ4n) is 5.78. The van der Waals surface area contributed by atoms with E-state index in [4.69, 9.17) is 9.57 Å². The Hall–Kier alpha value is -1.51. The van der Waals surface area contributed by atoms with Crippen LogP contribution in [0.5, 0.6) is 5.75 Å². The fourth-order valence-corrected chi connectivity index (χ4v) is 5.78. The summed E-state index contributed by atoms with van der Waals surface area (Å²) in [5.74, 6) is 3.85. The molecule has 0 heterocycles. The van der Waals surface area contributed by atoms with Crippen LogP contribution in [-0.2, 0) is 4.84 Å². The lowest BCUT2D eigenvalue weighted by atomic mass is 9.50. The Bertz CT molecular complexity index is 572. The molecule has 0 amide bonds. The molecule has 0 spiro atoms. The highest BCUT2D eigenvalue weighted by Crippen LogP contribution is 2.60. The fraction of sp³-hybridized carbons (Fsp3) is 0.650. The molecule has 5 rings (SSSR count). The second-order valence-electron chi connectivity index (χ2n) is 8.06. The molecule has 0 atom stereocenters. The van der Waals surface area contributed by atoms with Gasteiger partial charge in [-0.15, -0.1) is 0 Å². The first kappa shape index (κ1) is 15.0. The molecule has 124 valence electrons. The topological polar surface area (TPSA) is 30.8 Å². The van der Waals surface area contributed by atoms with Crippen LogP contribution in [0.4, 0.5) is 0 Å². The van der Waals surface area contributed by atoms with E-state index in [-0.39, 0.29) is 0 Å². The van der Waals surface area contributed by atoms with Crippen LogP contribution in [0.1, 0.15) is 51.0 Å². The second-order valence-corrected chi connectivity index (χ2v) is 8.06. The number of benzene rings is 1. The quantitative estimate of drug-likeness (QED) is 0.585. The third kappa shape index (κ3) is 2.86. The zero-order valence-electron chi connectivity index (χ0n) is 14.3. The minimum absolute atomic E-state index is 0.439. The molecule has 4 bridgehead atoms. The molecular formula is C20H27NO2. The van der Waals surface area contributed by atoms with Crippen LogP contribution in [0.25, 0.3) is 0 Å². The van der Waals surface area contributed by atoms with Gasteiger partial charge in [0.1, 0.15) is 12.9 Å². The lowest BCUT2D eigenvalue weighted by Gasteiger charge is -2.56. The summed E-state index contributed by atoms with van der Waals surface area (Å²) in [6, 6.07) is 8.19. The summed E-state index contributed by atoms with van der Waals surface area (Å²) in [5.41, 5.74) is 2.35. The molecular weight excluding hydrogens is 286 g/mol. The van der Waals surface area contributed by atoms with Crippen LogP contribution in [-0.4, -0.2) is 19.4 Å². The van der Waals surface area contributed by atoms with Crippen LogP contribution >= 0.6 is 0 Å². The average Bonchev–Trinajstić information content (AvgIpc) is 2.52. The third-order valence-electron chi connectivity index (χ3n) is 6.20. The van der Waals surface area contributed by atoms with E-state index in [2.05, 4.69) is 17.3 Å². The first-order valence-electron chi connectivity index (χ1n) is 8.97. The van der Waals surface area contributed by atoms with Crippen molar-refractivity contribution in [3.05, 3.63) is 29.8 Å². The summed E-state index contributed by atoms with van der Waals surface area (Å²) in [6.45, 7) is 2.84. The lowest BCUT2D eigenvalue weighted by Crippen LogP contribution is -2.48. The van der Waals surface area contributed by atoms with Gasteiger partial charge in [-0.3, -0.25) is 0 Å². The number of rotatable bonds is 5. The number of ether oxygens (including phenoxy) is 1. The molecule has 1 aromatic carbocycles. The third-order valence-corrected chi connectivity index (χ3v) is 6.20. The molecule has 1 aromatic rings. The minimum atomic E-state index is 0.439. The summed E-state index contributed by atoms with van der Waals surface area (Å²) in [7, 11) is 1.59. The molecule has 23 heavy (non-hydrogen) atoms. The van der Waals surface area contributed by atoms with Gasteiger partial charge in [0.2, 0.25) is 0 Å². The maximum atomic E-state index is 6.35. The van der Waals surface area contributed by atoms with Crippen molar-refractivity contribution in [2.24, 2.45) is 28.3 Å². The van der Waals surface area contributed by atoms with E-state index < -0.39 is 0 Å². The molecule has 0 radical (unpaired) electrons. The van der Waals surface area contributed by atoms with Crippen molar-refractivity contribution in [3.63, 3.8) is 0 Å². The van der Waals surface area contributed by atoms with Crippen molar-refractivity contribution in [2.45, 2.75) is 45.4 Å². The number of oxime groups is 1. The van der Waals surface area contributed by atoms with Crippen molar-refractivity contribution < 1.29 is 9.57 Å². The van der Waals surface area contributed by atoms with Gasteiger partial charge < -0.3 is 9.57 Å². The average molecular weight is 313 g/mol. The molecule has 4 saturated carbocycles. The van der Waals surface area contributed by atoms with Gasteiger partial charge in [0.05, 0.1) is 12.3 Å². The van der Waals surface area contributed by atoms with E-state index in [1.807, 2.05) is 19.1 Å². The highest BCUT2D eigenvalue weighted by Gasteiger charge is 2.51. The minimum Gasteiger partial charge on any atom is -0.492 e. The molecule has 3 heteroatoms. The zero-order chi connectivity index (χ0) is 15.9. The molecule has 0 unspecified atom stereocenters. The van der Waals surface area contributed by atoms with Crippen molar-refractivity contribution in [3.8, 4) is 5.75 Å². The summed E-state index contributed by atoms with van der Waals surface area (Å²) in [4.78, 5) is 4.92. The van der Waals surface area contributed by atoms with Crippen LogP contribution in [0.2, 0.25) is 0 Å². The van der Waals surface area contributed by atoms with Gasteiger partial charge >= 0.3 is 0 Å². The van der Waals surface area contributed by atoms with Gasteiger partial charge in [-0.05, 0) is 75.3 Å². The standard InChI is InChI=1S/C20H27NO2/c1-14(21-22-2)18-5-3-4-6-19(18)23-13-20-10-15-7-16(11-20)9-17(8-15)12-20/h3-6,15-17H,7-13H2,1-2H3/b21-14+. The predicted octanol–water partition coefficient (Wildman–Crippen LogP) is 4.65. The Morgan fingerprint density at radius 2 is 1.70 bits per heavy atom. The van der Waals surface area contributed by atoms with E-state index in [0.29, 0.717) is 5.41 Å². The zero-order valence-corrected chi connectivity index (χ0v) is 14.3. The lowest BCUT2D eigenvalue weighted by molar-refractivity contribution is -0.0745. The summed E-state index contributed by atoms with van der Waals surface area (Å²) < 4.78 is 6.35. The van der Waals surface area contributed by atoms with Crippen molar-refractivity contribution in [1.29, 1.82) is 0 Å². The first-order valence-corrected chi connectivity index (χ1v) is 8.97. The van der Waals surface area contributed by atoms with Crippen molar-refractivity contribution in [1.82, 2.24) is 0 Å². The molecule has 4 aliphatic rings. The number of para-hydroxylation sites is 1. The van der Waals surface area contributed by atoms with Crippen LogP contribution < -0.4 is 4.74 Å².